The van der Waals surface area contributed by atoms with Crippen LogP contribution in [0.3, 0.4) is 0 Å². The zero-order valence-corrected chi connectivity index (χ0v) is 21.0. The van der Waals surface area contributed by atoms with E-state index in [1.165, 1.54) is 6.33 Å². The summed E-state index contributed by atoms with van der Waals surface area (Å²) in [5.74, 6) is 1.26. The Bertz CT molecular complexity index is 1650. The molecule has 0 bridgehead atoms. The molecule has 0 amide bonds. The fraction of sp³-hybridized carbons (Fsp3) is 0.286. The molecule has 186 valence electrons. The Morgan fingerprint density at radius 2 is 1.84 bits per heavy atom. The topological polar surface area (TPSA) is 101 Å². The van der Waals surface area contributed by atoms with Crippen molar-refractivity contribution in [3.05, 3.63) is 83.1 Å². The lowest BCUT2D eigenvalue weighted by Crippen LogP contribution is -2.21. The van der Waals surface area contributed by atoms with E-state index < -0.39 is 0 Å². The molecule has 4 heterocycles. The molecular weight excluding hydrogens is 466 g/mol. The quantitative estimate of drug-likeness (QED) is 0.326. The maximum atomic E-state index is 13.0. The highest BCUT2D eigenvalue weighted by Gasteiger charge is 2.31. The largest absolute Gasteiger partial charge is 0.480 e. The normalized spacial score (nSPS) is 13.4. The van der Waals surface area contributed by atoms with Crippen LogP contribution >= 0.6 is 0 Å². The first-order chi connectivity index (χ1) is 18.0. The van der Waals surface area contributed by atoms with Crippen molar-refractivity contribution < 1.29 is 4.74 Å². The van der Waals surface area contributed by atoms with E-state index in [0.29, 0.717) is 41.4 Å². The third kappa shape index (κ3) is 4.37. The summed E-state index contributed by atoms with van der Waals surface area (Å²) in [6.07, 6.45) is 9.29. The highest BCUT2D eigenvalue weighted by molar-refractivity contribution is 5.78. The minimum absolute atomic E-state index is 0.129. The summed E-state index contributed by atoms with van der Waals surface area (Å²) in [6, 6.07) is 11.8. The van der Waals surface area contributed by atoms with Crippen molar-refractivity contribution in [2.45, 2.75) is 45.2 Å². The SMILES string of the molecule is COc1ncnc(C2CC2)c1-c1ncc2ccc(=O)n(Cc3ccc(-c4cn(C(C)C)cn4)cc3)c2n1. The van der Waals surface area contributed by atoms with Crippen LogP contribution < -0.4 is 10.3 Å². The fourth-order valence-electron chi connectivity index (χ4n) is 4.49. The molecule has 0 radical (unpaired) electrons. The lowest BCUT2D eigenvalue weighted by Gasteiger charge is -2.13. The zero-order chi connectivity index (χ0) is 25.5. The third-order valence-corrected chi connectivity index (χ3v) is 6.73. The van der Waals surface area contributed by atoms with Gasteiger partial charge in [0.1, 0.15) is 17.5 Å². The van der Waals surface area contributed by atoms with E-state index in [1.807, 2.05) is 36.8 Å². The summed E-state index contributed by atoms with van der Waals surface area (Å²) in [5.41, 5.74) is 4.96. The van der Waals surface area contributed by atoms with Crippen LogP contribution in [-0.2, 0) is 6.54 Å². The van der Waals surface area contributed by atoms with Crippen molar-refractivity contribution in [1.82, 2.24) is 34.1 Å². The van der Waals surface area contributed by atoms with Gasteiger partial charge in [0.25, 0.3) is 5.56 Å². The van der Waals surface area contributed by atoms with Crippen LogP contribution in [0.5, 0.6) is 5.88 Å². The molecule has 37 heavy (non-hydrogen) atoms. The Hall–Kier alpha value is -4.40. The van der Waals surface area contributed by atoms with Crippen molar-refractivity contribution in [3.63, 3.8) is 0 Å². The van der Waals surface area contributed by atoms with E-state index >= 15 is 0 Å². The molecule has 1 saturated carbocycles. The Morgan fingerprint density at radius 1 is 1.03 bits per heavy atom. The number of ether oxygens (including phenoxy) is 1. The number of imidazole rings is 1. The first kappa shape index (κ1) is 23.0. The number of benzene rings is 1. The standard InChI is InChI=1S/C28H27N7O2/c1-17(2)34-14-22(32-16-34)19-6-4-18(5-7-19)13-35-23(36)11-10-21-12-29-26(33-27(21)35)24-25(20-8-9-20)30-15-31-28(24)37-3/h4-7,10-12,14-17,20H,8-9,13H2,1-3H3. The summed E-state index contributed by atoms with van der Waals surface area (Å²) in [7, 11) is 1.58. The maximum absolute atomic E-state index is 13.0. The number of nitrogens with zero attached hydrogens (tertiary/aromatic N) is 7. The molecule has 0 atom stereocenters. The Labute approximate surface area is 213 Å². The summed E-state index contributed by atoms with van der Waals surface area (Å²) in [6.45, 7) is 4.63. The molecule has 9 heteroatoms. The van der Waals surface area contributed by atoms with Crippen LogP contribution in [0.25, 0.3) is 33.7 Å². The summed E-state index contributed by atoms with van der Waals surface area (Å²) < 4.78 is 9.29. The van der Waals surface area contributed by atoms with Gasteiger partial charge in [-0.05, 0) is 38.3 Å². The van der Waals surface area contributed by atoms with Gasteiger partial charge >= 0.3 is 0 Å². The van der Waals surface area contributed by atoms with Gasteiger partial charge in [0.15, 0.2) is 5.82 Å². The third-order valence-electron chi connectivity index (χ3n) is 6.73. The van der Waals surface area contributed by atoms with Gasteiger partial charge in [-0.3, -0.25) is 9.36 Å². The van der Waals surface area contributed by atoms with E-state index in [9.17, 15) is 4.79 Å². The zero-order valence-electron chi connectivity index (χ0n) is 21.0. The molecule has 1 aromatic carbocycles. The second-order valence-corrected chi connectivity index (χ2v) is 9.64. The number of aromatic nitrogens is 7. The monoisotopic (exact) mass is 493 g/mol. The van der Waals surface area contributed by atoms with Gasteiger partial charge in [0, 0.05) is 41.4 Å². The summed E-state index contributed by atoms with van der Waals surface area (Å²) in [4.78, 5) is 35.8. The van der Waals surface area contributed by atoms with Gasteiger partial charge in [-0.1, -0.05) is 24.3 Å². The average molecular weight is 494 g/mol. The van der Waals surface area contributed by atoms with Crippen molar-refractivity contribution in [3.8, 4) is 28.5 Å². The van der Waals surface area contributed by atoms with Crippen LogP contribution in [0.15, 0.2) is 66.2 Å². The molecule has 0 unspecified atom stereocenters. The van der Waals surface area contributed by atoms with E-state index in [4.69, 9.17) is 9.72 Å². The van der Waals surface area contributed by atoms with Crippen LogP contribution in [0.1, 0.15) is 49.9 Å². The van der Waals surface area contributed by atoms with Crippen LogP contribution in [-0.4, -0.2) is 41.2 Å². The Morgan fingerprint density at radius 3 is 2.54 bits per heavy atom. The Kier molecular flexibility index (Phi) is 5.75. The first-order valence-electron chi connectivity index (χ1n) is 12.4. The highest BCUT2D eigenvalue weighted by atomic mass is 16.5. The van der Waals surface area contributed by atoms with Crippen LogP contribution in [0, 0.1) is 0 Å². The van der Waals surface area contributed by atoms with E-state index in [0.717, 1.165) is 40.7 Å². The molecule has 1 aliphatic rings. The van der Waals surface area contributed by atoms with Crippen LogP contribution in [0.4, 0.5) is 0 Å². The maximum Gasteiger partial charge on any atom is 0.252 e. The molecule has 1 aliphatic carbocycles. The van der Waals surface area contributed by atoms with Crippen molar-refractivity contribution in [2.24, 2.45) is 0 Å². The average Bonchev–Trinajstić information content (AvgIpc) is 3.65. The summed E-state index contributed by atoms with van der Waals surface area (Å²) >= 11 is 0. The molecular formula is C28H27N7O2. The molecule has 6 rings (SSSR count). The Balaban J connectivity index is 1.38. The molecule has 5 aromatic rings. The summed E-state index contributed by atoms with van der Waals surface area (Å²) in [5, 5.41) is 0.781. The number of hydrogen-bond acceptors (Lipinski definition) is 7. The first-order valence-corrected chi connectivity index (χ1v) is 12.4. The smallest absolute Gasteiger partial charge is 0.252 e. The lowest BCUT2D eigenvalue weighted by molar-refractivity contribution is 0.397. The molecule has 4 aromatic heterocycles. The van der Waals surface area contributed by atoms with Crippen molar-refractivity contribution in [2.75, 3.05) is 7.11 Å². The van der Waals surface area contributed by atoms with E-state index in [1.54, 1.807) is 30.0 Å². The molecule has 9 nitrogen and oxygen atoms in total. The number of methoxy groups -OCH3 is 1. The molecule has 0 saturated heterocycles. The predicted octanol–water partition coefficient (Wildman–Crippen LogP) is 4.63. The minimum Gasteiger partial charge on any atom is -0.480 e. The van der Waals surface area contributed by atoms with Gasteiger partial charge < -0.3 is 9.30 Å². The fourth-order valence-corrected chi connectivity index (χ4v) is 4.49. The number of hydrogen-bond donors (Lipinski definition) is 0. The molecule has 0 aliphatic heterocycles. The highest BCUT2D eigenvalue weighted by Crippen LogP contribution is 2.44. The predicted molar refractivity (Wildman–Crippen MR) is 141 cm³/mol. The van der Waals surface area contributed by atoms with Gasteiger partial charge in [0.05, 0.1) is 31.4 Å². The van der Waals surface area contributed by atoms with Gasteiger partial charge in [-0.25, -0.2) is 24.9 Å². The van der Waals surface area contributed by atoms with Crippen LogP contribution in [0.2, 0.25) is 0 Å². The van der Waals surface area contributed by atoms with E-state index in [-0.39, 0.29) is 5.56 Å². The van der Waals surface area contributed by atoms with E-state index in [2.05, 4.69) is 38.4 Å². The minimum atomic E-state index is -0.129. The van der Waals surface area contributed by atoms with Crippen molar-refractivity contribution >= 4 is 11.0 Å². The molecule has 1 fully saturated rings. The second-order valence-electron chi connectivity index (χ2n) is 9.64. The number of rotatable bonds is 7. The second kappa shape index (κ2) is 9.24. The van der Waals surface area contributed by atoms with Gasteiger partial charge in [0.2, 0.25) is 5.88 Å². The number of pyridine rings is 1. The lowest BCUT2D eigenvalue weighted by atomic mass is 10.1. The van der Waals surface area contributed by atoms with Crippen molar-refractivity contribution in [1.29, 1.82) is 0 Å². The van der Waals surface area contributed by atoms with Gasteiger partial charge in [-0.2, -0.15) is 0 Å². The number of fused-ring (bicyclic) bond motifs is 1. The molecule has 0 spiro atoms. The van der Waals surface area contributed by atoms with Gasteiger partial charge in [-0.15, -0.1) is 0 Å². The molecule has 0 N–H and O–H groups in total.